The van der Waals surface area contributed by atoms with Gasteiger partial charge in [0.15, 0.2) is 11.4 Å². The summed E-state index contributed by atoms with van der Waals surface area (Å²) in [5, 5.41) is 8.82. The van der Waals surface area contributed by atoms with E-state index in [1.54, 1.807) is 46.8 Å². The van der Waals surface area contributed by atoms with Crippen LogP contribution in [-0.2, 0) is 13.5 Å². The Hall–Kier alpha value is -4.66. The largest absolute Gasteiger partial charge is 0.298 e. The molecule has 0 unspecified atom stereocenters. The van der Waals surface area contributed by atoms with Gasteiger partial charge in [-0.05, 0) is 54.6 Å². The summed E-state index contributed by atoms with van der Waals surface area (Å²) in [6, 6.07) is 17.4. The van der Waals surface area contributed by atoms with E-state index < -0.39 is 0 Å². The van der Waals surface area contributed by atoms with Crippen LogP contribution in [0.1, 0.15) is 16.2 Å². The van der Waals surface area contributed by atoms with Crippen LogP contribution in [-0.4, -0.2) is 39.5 Å². The second-order valence-electron chi connectivity index (χ2n) is 7.94. The van der Waals surface area contributed by atoms with E-state index in [2.05, 4.69) is 10.1 Å². The van der Waals surface area contributed by atoms with Crippen molar-refractivity contribution in [2.24, 2.45) is 7.05 Å². The summed E-state index contributed by atoms with van der Waals surface area (Å²) in [4.78, 5) is 22.0. The van der Waals surface area contributed by atoms with Crippen molar-refractivity contribution < 1.29 is 9.18 Å². The van der Waals surface area contributed by atoms with Gasteiger partial charge in [0.25, 0.3) is 0 Å². The molecule has 5 aromatic heterocycles. The zero-order chi connectivity index (χ0) is 23.2. The average molecular weight is 451 g/mol. The van der Waals surface area contributed by atoms with Gasteiger partial charge in [-0.2, -0.15) is 10.2 Å². The molecule has 0 bridgehead atoms. The summed E-state index contributed by atoms with van der Waals surface area (Å²) in [6.45, 7) is 0. The lowest BCUT2D eigenvalue weighted by atomic mass is 10.1. The summed E-state index contributed by atoms with van der Waals surface area (Å²) in [7, 11) is 1.74. The molecule has 0 aliphatic heterocycles. The molecular formula is C25H18FN7O. The smallest absolute Gasteiger partial charge is 0.186 e. The van der Waals surface area contributed by atoms with Crippen LogP contribution < -0.4 is 0 Å². The summed E-state index contributed by atoms with van der Waals surface area (Å²) in [5.74, 6) is -0.371. The number of fused-ring (bicyclic) bond motifs is 2. The summed E-state index contributed by atoms with van der Waals surface area (Å²) in [6.07, 6.45) is 5.42. The first kappa shape index (κ1) is 20.0. The summed E-state index contributed by atoms with van der Waals surface area (Å²) in [5.41, 5.74) is 5.48. The lowest BCUT2D eigenvalue weighted by molar-refractivity contribution is 0.0983. The molecule has 0 spiro atoms. The highest BCUT2D eigenvalue weighted by Crippen LogP contribution is 2.32. The predicted octanol–water partition coefficient (Wildman–Crippen LogP) is 4.01. The van der Waals surface area contributed by atoms with E-state index in [0.29, 0.717) is 28.4 Å². The molecule has 166 valence electrons. The Labute approximate surface area is 192 Å². The molecule has 0 saturated carbocycles. The Morgan fingerprint density at radius 3 is 2.62 bits per heavy atom. The normalized spacial score (nSPS) is 11.5. The number of nitrogens with zero attached hydrogens (tertiary/aromatic N) is 7. The van der Waals surface area contributed by atoms with Crippen LogP contribution in [0.2, 0.25) is 0 Å². The third-order valence-electron chi connectivity index (χ3n) is 5.71. The van der Waals surface area contributed by atoms with Crippen molar-refractivity contribution in [3.63, 3.8) is 0 Å². The summed E-state index contributed by atoms with van der Waals surface area (Å²) >= 11 is 0. The number of imidazole rings is 2. The highest BCUT2D eigenvalue weighted by molar-refractivity contribution is 5.95. The average Bonchev–Trinajstić information content (AvgIpc) is 3.54. The van der Waals surface area contributed by atoms with Gasteiger partial charge in [-0.3, -0.25) is 13.9 Å². The molecule has 9 heteroatoms. The van der Waals surface area contributed by atoms with Crippen molar-refractivity contribution in [3.05, 3.63) is 96.5 Å². The molecule has 0 N–H and O–H groups in total. The second kappa shape index (κ2) is 7.73. The van der Waals surface area contributed by atoms with Crippen LogP contribution >= 0.6 is 0 Å². The number of ketones is 1. The van der Waals surface area contributed by atoms with Crippen LogP contribution in [0.15, 0.2) is 79.3 Å². The maximum Gasteiger partial charge on any atom is 0.186 e. The highest BCUT2D eigenvalue weighted by Gasteiger charge is 2.19. The van der Waals surface area contributed by atoms with Crippen molar-refractivity contribution in [3.8, 4) is 22.6 Å². The van der Waals surface area contributed by atoms with Gasteiger partial charge in [-0.25, -0.2) is 18.9 Å². The minimum Gasteiger partial charge on any atom is -0.298 e. The minimum absolute atomic E-state index is 0.0657. The molecule has 1 aromatic carbocycles. The predicted molar refractivity (Wildman–Crippen MR) is 124 cm³/mol. The number of carbonyl (C=O) groups excluding carboxylic acids is 1. The quantitative estimate of drug-likeness (QED) is 0.370. The van der Waals surface area contributed by atoms with Crippen molar-refractivity contribution >= 4 is 17.1 Å². The van der Waals surface area contributed by atoms with Crippen LogP contribution in [0.4, 0.5) is 4.39 Å². The van der Waals surface area contributed by atoms with Crippen LogP contribution in [0.25, 0.3) is 33.9 Å². The number of pyridine rings is 1. The molecular weight excluding hydrogens is 433 g/mol. The second-order valence-corrected chi connectivity index (χ2v) is 7.94. The lowest BCUT2D eigenvalue weighted by Crippen LogP contribution is -2.09. The fraction of sp³-hybridized carbons (Fsp3) is 0.0800. The Morgan fingerprint density at radius 2 is 1.82 bits per heavy atom. The molecule has 6 aromatic rings. The minimum atomic E-state index is -0.305. The maximum atomic E-state index is 13.5. The van der Waals surface area contributed by atoms with Gasteiger partial charge in [-0.15, -0.1) is 0 Å². The Morgan fingerprint density at radius 1 is 0.971 bits per heavy atom. The number of aryl methyl sites for hydroxylation is 1. The molecule has 0 saturated heterocycles. The van der Waals surface area contributed by atoms with Gasteiger partial charge in [0.2, 0.25) is 0 Å². The number of Topliss-reactive ketones (excluding diaryl/α,β-unsaturated/α-hetero) is 1. The third-order valence-corrected chi connectivity index (χ3v) is 5.71. The number of carbonyl (C=O) groups is 1. The van der Waals surface area contributed by atoms with Crippen molar-refractivity contribution in [2.75, 3.05) is 0 Å². The van der Waals surface area contributed by atoms with Crippen molar-refractivity contribution in [2.45, 2.75) is 6.42 Å². The van der Waals surface area contributed by atoms with Gasteiger partial charge in [0.05, 0.1) is 24.0 Å². The molecule has 0 fully saturated rings. The van der Waals surface area contributed by atoms with Crippen LogP contribution in [0.5, 0.6) is 0 Å². The number of halogens is 1. The number of hydrogen-bond donors (Lipinski definition) is 0. The fourth-order valence-electron chi connectivity index (χ4n) is 4.09. The molecule has 0 atom stereocenters. The van der Waals surface area contributed by atoms with E-state index in [4.69, 9.17) is 10.1 Å². The molecule has 0 aliphatic carbocycles. The van der Waals surface area contributed by atoms with Gasteiger partial charge in [0.1, 0.15) is 28.5 Å². The lowest BCUT2D eigenvalue weighted by Gasteiger charge is -2.05. The van der Waals surface area contributed by atoms with Gasteiger partial charge in [0, 0.05) is 25.0 Å². The van der Waals surface area contributed by atoms with Gasteiger partial charge >= 0.3 is 0 Å². The first-order valence-electron chi connectivity index (χ1n) is 10.7. The maximum absolute atomic E-state index is 13.5. The Balaban J connectivity index is 1.44. The molecule has 8 nitrogen and oxygen atoms in total. The molecule has 0 amide bonds. The first-order chi connectivity index (χ1) is 16.6. The molecule has 0 radical (unpaired) electrons. The first-order valence-corrected chi connectivity index (χ1v) is 10.7. The number of hydrogen-bond acceptors (Lipinski definition) is 5. The molecule has 0 aliphatic rings. The van der Waals surface area contributed by atoms with E-state index >= 15 is 0 Å². The molecule has 6 rings (SSSR count). The van der Waals surface area contributed by atoms with E-state index in [1.807, 2.05) is 40.9 Å². The van der Waals surface area contributed by atoms with E-state index in [9.17, 15) is 9.18 Å². The van der Waals surface area contributed by atoms with Gasteiger partial charge < -0.3 is 0 Å². The summed E-state index contributed by atoms with van der Waals surface area (Å²) < 4.78 is 18.7. The number of rotatable bonds is 5. The van der Waals surface area contributed by atoms with Crippen molar-refractivity contribution in [1.82, 2.24) is 33.8 Å². The van der Waals surface area contributed by atoms with Crippen molar-refractivity contribution in [1.29, 1.82) is 0 Å². The topological polar surface area (TPSA) is 82.4 Å². The van der Waals surface area contributed by atoms with E-state index in [-0.39, 0.29) is 18.0 Å². The Kier molecular flexibility index (Phi) is 4.54. The molecule has 34 heavy (non-hydrogen) atoms. The standard InChI is InChI=1S/C25H18FN7O/c1-31-20(11-12-27-31)21(34)14-18-15-33-23(28-18)10-9-19(30-33)25-24(16-5-7-17(26)8-6-16)29-22-4-2-3-13-32(22)25/h2-13,15H,14H2,1H3. The number of benzene rings is 1. The van der Waals surface area contributed by atoms with Crippen LogP contribution in [0, 0.1) is 5.82 Å². The third kappa shape index (κ3) is 3.34. The SMILES string of the molecule is Cn1nccc1C(=O)Cc1cn2nc(-c3c(-c4ccc(F)cc4)nc4ccccn34)ccc2n1. The fourth-order valence-corrected chi connectivity index (χ4v) is 4.09. The van der Waals surface area contributed by atoms with E-state index in [1.165, 1.54) is 12.1 Å². The zero-order valence-electron chi connectivity index (χ0n) is 18.1. The van der Waals surface area contributed by atoms with Crippen LogP contribution in [0.3, 0.4) is 0 Å². The van der Waals surface area contributed by atoms with E-state index in [0.717, 1.165) is 16.9 Å². The van der Waals surface area contributed by atoms with Gasteiger partial charge in [-0.1, -0.05) is 6.07 Å². The molecule has 5 heterocycles. The Bertz CT molecular complexity index is 1680. The highest BCUT2D eigenvalue weighted by atomic mass is 19.1. The number of aromatic nitrogens is 7. The zero-order valence-corrected chi connectivity index (χ0v) is 18.1. The monoisotopic (exact) mass is 451 g/mol.